The van der Waals surface area contributed by atoms with Gasteiger partial charge in [-0.05, 0) is 36.4 Å². The fourth-order valence-electron chi connectivity index (χ4n) is 2.76. The predicted octanol–water partition coefficient (Wildman–Crippen LogP) is 5.15. The molecule has 0 amide bonds. The van der Waals surface area contributed by atoms with Crippen molar-refractivity contribution in [1.82, 2.24) is 19.7 Å². The Hall–Kier alpha value is -2.38. The first-order valence-corrected chi connectivity index (χ1v) is 10.4. The molecule has 4 aromatic rings. The van der Waals surface area contributed by atoms with E-state index < -0.39 is 0 Å². The molecule has 7 heteroatoms. The van der Waals surface area contributed by atoms with Gasteiger partial charge in [0.25, 0.3) is 0 Å². The first-order chi connectivity index (χ1) is 12.9. The summed E-state index contributed by atoms with van der Waals surface area (Å²) in [5, 5.41) is 7.54. The van der Waals surface area contributed by atoms with E-state index in [0.29, 0.717) is 17.6 Å². The highest BCUT2D eigenvalue weighted by molar-refractivity contribution is 7.98. The second-order valence-corrected chi connectivity index (χ2v) is 8.07. The molecule has 130 valence electrons. The normalized spacial score (nSPS) is 14.0. The summed E-state index contributed by atoms with van der Waals surface area (Å²) in [6.07, 6.45) is 4.12. The van der Waals surface area contributed by atoms with Crippen molar-refractivity contribution in [2.75, 3.05) is 0 Å². The smallest absolute Gasteiger partial charge is 0.236 e. The van der Waals surface area contributed by atoms with Crippen molar-refractivity contribution in [3.8, 4) is 16.5 Å². The summed E-state index contributed by atoms with van der Waals surface area (Å²) in [7, 11) is 0. The molecule has 3 heterocycles. The summed E-state index contributed by atoms with van der Waals surface area (Å²) < 4.78 is 7.57. The van der Waals surface area contributed by atoms with Crippen molar-refractivity contribution in [3.63, 3.8) is 0 Å². The van der Waals surface area contributed by atoms with Gasteiger partial charge in [-0.15, -0.1) is 16.4 Å². The molecular formula is C19H16N4OS2. The molecule has 5 rings (SSSR count). The Morgan fingerprint density at radius 3 is 2.77 bits per heavy atom. The van der Waals surface area contributed by atoms with E-state index in [4.69, 9.17) is 14.5 Å². The fourth-order valence-corrected chi connectivity index (χ4v) is 4.12. The van der Waals surface area contributed by atoms with E-state index in [0.717, 1.165) is 27.2 Å². The number of oxazole rings is 1. The molecule has 1 aliphatic rings. The summed E-state index contributed by atoms with van der Waals surface area (Å²) in [4.78, 5) is 10.4. The molecular weight excluding hydrogens is 364 g/mol. The maximum Gasteiger partial charge on any atom is 0.236 e. The van der Waals surface area contributed by atoms with E-state index in [2.05, 4.69) is 17.1 Å². The van der Waals surface area contributed by atoms with E-state index in [1.807, 2.05) is 40.4 Å². The van der Waals surface area contributed by atoms with E-state index in [-0.39, 0.29) is 0 Å². The lowest BCUT2D eigenvalue weighted by Gasteiger charge is -2.03. The molecule has 0 aliphatic heterocycles. The number of nitrogens with zero attached hydrogens (tertiary/aromatic N) is 4. The lowest BCUT2D eigenvalue weighted by molar-refractivity contribution is 0.575. The van der Waals surface area contributed by atoms with Crippen molar-refractivity contribution < 1.29 is 4.42 Å². The predicted molar refractivity (Wildman–Crippen MR) is 103 cm³/mol. The Morgan fingerprint density at radius 1 is 1.12 bits per heavy atom. The van der Waals surface area contributed by atoms with Crippen molar-refractivity contribution in [2.45, 2.75) is 29.7 Å². The maximum absolute atomic E-state index is 5.58. The van der Waals surface area contributed by atoms with Gasteiger partial charge in [0.05, 0.1) is 16.3 Å². The average Bonchev–Trinajstić information content (AvgIpc) is 3.09. The van der Waals surface area contributed by atoms with Gasteiger partial charge < -0.3 is 4.42 Å². The highest BCUT2D eigenvalue weighted by atomic mass is 32.2. The van der Waals surface area contributed by atoms with E-state index in [1.165, 1.54) is 12.8 Å². The molecule has 0 atom stereocenters. The Bertz CT molecular complexity index is 1000. The minimum atomic E-state index is 0.537. The van der Waals surface area contributed by atoms with Crippen LogP contribution in [0.15, 0.2) is 63.7 Å². The van der Waals surface area contributed by atoms with Crippen LogP contribution in [0, 0.1) is 0 Å². The van der Waals surface area contributed by atoms with Gasteiger partial charge >= 0.3 is 0 Å². The standard InChI is InChI=1S/C19H16N4OS2/c1-2-5-15(6-3-1)23-17(13-8-9-13)21-19(22-23)26-12-14-11-24-18(20-14)16-7-4-10-25-16/h1-7,10-11,13H,8-9,12H2. The van der Waals surface area contributed by atoms with E-state index in [9.17, 15) is 0 Å². The third-order valence-corrected chi connectivity index (χ3v) is 5.92. The molecule has 1 aliphatic carbocycles. The molecule has 0 N–H and O–H groups in total. The maximum atomic E-state index is 5.58. The van der Waals surface area contributed by atoms with Crippen LogP contribution in [0.4, 0.5) is 0 Å². The Morgan fingerprint density at radius 2 is 2.00 bits per heavy atom. The molecule has 0 spiro atoms. The van der Waals surface area contributed by atoms with Gasteiger partial charge in [0.1, 0.15) is 12.1 Å². The van der Waals surface area contributed by atoms with Crippen LogP contribution in [0.2, 0.25) is 0 Å². The Kier molecular flexibility index (Phi) is 4.10. The molecule has 26 heavy (non-hydrogen) atoms. The quantitative estimate of drug-likeness (QED) is 0.433. The summed E-state index contributed by atoms with van der Waals surface area (Å²) in [6, 6.07) is 14.2. The first kappa shape index (κ1) is 15.8. The number of para-hydroxylation sites is 1. The number of aromatic nitrogens is 4. The number of thioether (sulfide) groups is 1. The summed E-state index contributed by atoms with van der Waals surface area (Å²) in [5.74, 6) is 2.97. The average molecular weight is 380 g/mol. The molecule has 1 fully saturated rings. The Labute approximate surface area is 159 Å². The van der Waals surface area contributed by atoms with Crippen LogP contribution >= 0.6 is 23.1 Å². The lowest BCUT2D eigenvalue weighted by atomic mass is 10.3. The third kappa shape index (κ3) is 3.20. The number of thiophene rings is 1. The highest BCUT2D eigenvalue weighted by Crippen LogP contribution is 2.40. The minimum absolute atomic E-state index is 0.537. The number of rotatable bonds is 6. The zero-order chi connectivity index (χ0) is 17.3. The van der Waals surface area contributed by atoms with Crippen LogP contribution in [0.1, 0.15) is 30.3 Å². The van der Waals surface area contributed by atoms with Gasteiger partial charge in [-0.1, -0.05) is 36.0 Å². The van der Waals surface area contributed by atoms with Crippen LogP contribution in [-0.4, -0.2) is 19.7 Å². The van der Waals surface area contributed by atoms with Crippen LogP contribution < -0.4 is 0 Å². The SMILES string of the molecule is c1ccc(-n2nc(SCc3coc(-c4cccs4)n3)nc2C2CC2)cc1. The number of benzene rings is 1. The molecule has 0 radical (unpaired) electrons. The second-order valence-electron chi connectivity index (χ2n) is 6.18. The van der Waals surface area contributed by atoms with Crippen molar-refractivity contribution in [1.29, 1.82) is 0 Å². The van der Waals surface area contributed by atoms with Crippen LogP contribution in [-0.2, 0) is 5.75 Å². The van der Waals surface area contributed by atoms with Gasteiger partial charge in [0.15, 0.2) is 0 Å². The van der Waals surface area contributed by atoms with Crippen molar-refractivity contribution in [3.05, 3.63) is 65.6 Å². The fraction of sp³-hybridized carbons (Fsp3) is 0.211. The van der Waals surface area contributed by atoms with E-state index in [1.54, 1.807) is 29.4 Å². The lowest BCUT2D eigenvalue weighted by Crippen LogP contribution is -2.01. The largest absolute Gasteiger partial charge is 0.444 e. The molecule has 0 bridgehead atoms. The van der Waals surface area contributed by atoms with Gasteiger partial charge in [0.2, 0.25) is 11.0 Å². The van der Waals surface area contributed by atoms with Crippen LogP contribution in [0.5, 0.6) is 0 Å². The van der Waals surface area contributed by atoms with Gasteiger partial charge in [-0.2, -0.15) is 0 Å². The van der Waals surface area contributed by atoms with Crippen LogP contribution in [0.25, 0.3) is 16.5 Å². The highest BCUT2D eigenvalue weighted by Gasteiger charge is 2.30. The minimum Gasteiger partial charge on any atom is -0.444 e. The molecule has 0 saturated heterocycles. The van der Waals surface area contributed by atoms with Crippen molar-refractivity contribution >= 4 is 23.1 Å². The molecule has 3 aromatic heterocycles. The summed E-state index contributed by atoms with van der Waals surface area (Å²) in [6.45, 7) is 0. The Balaban J connectivity index is 1.35. The zero-order valence-electron chi connectivity index (χ0n) is 13.9. The number of hydrogen-bond acceptors (Lipinski definition) is 6. The van der Waals surface area contributed by atoms with Gasteiger partial charge in [0, 0.05) is 11.7 Å². The molecule has 5 nitrogen and oxygen atoms in total. The second kappa shape index (κ2) is 6.74. The summed E-state index contributed by atoms with van der Waals surface area (Å²) >= 11 is 3.22. The van der Waals surface area contributed by atoms with Gasteiger partial charge in [-0.25, -0.2) is 14.6 Å². The molecule has 1 saturated carbocycles. The third-order valence-electron chi connectivity index (χ3n) is 4.19. The zero-order valence-corrected chi connectivity index (χ0v) is 15.5. The van der Waals surface area contributed by atoms with Crippen LogP contribution in [0.3, 0.4) is 0 Å². The van der Waals surface area contributed by atoms with E-state index >= 15 is 0 Å². The summed E-state index contributed by atoms with van der Waals surface area (Å²) in [5.41, 5.74) is 1.97. The van der Waals surface area contributed by atoms with Gasteiger partial charge in [-0.3, -0.25) is 0 Å². The molecule has 1 aromatic carbocycles. The monoisotopic (exact) mass is 380 g/mol. The van der Waals surface area contributed by atoms with Crippen molar-refractivity contribution in [2.24, 2.45) is 0 Å². The topological polar surface area (TPSA) is 56.7 Å². The molecule has 0 unspecified atom stereocenters. The first-order valence-electron chi connectivity index (χ1n) is 8.50. The number of hydrogen-bond donors (Lipinski definition) is 0.